The minimum atomic E-state index is -4.04. The molecule has 2 heterocycles. The lowest BCUT2D eigenvalue weighted by Crippen LogP contribution is -2.45. The molecule has 1 aromatic heterocycles. The highest BCUT2D eigenvalue weighted by Crippen LogP contribution is 2.26. The van der Waals surface area contributed by atoms with Crippen LogP contribution in [0.5, 0.6) is 5.75 Å². The van der Waals surface area contributed by atoms with Crippen molar-refractivity contribution >= 4 is 33.5 Å². The number of carbonyl (C=O) groups excluding carboxylic acids is 1. The SMILES string of the molecule is COc1ccc(-c2cn(-c3ccc(F)cc3)c(NC(=O)CN(CCN3CCOCC3)S(=O)(=O)c3ccc(Cl)cc3)n2)cc1. The number of hydrogen-bond acceptors (Lipinski definition) is 7. The van der Waals surface area contributed by atoms with Crippen LogP contribution in [0, 0.1) is 5.82 Å². The Morgan fingerprint density at radius 2 is 1.72 bits per heavy atom. The first-order valence-electron chi connectivity index (χ1n) is 13.6. The van der Waals surface area contributed by atoms with E-state index in [9.17, 15) is 17.6 Å². The summed E-state index contributed by atoms with van der Waals surface area (Å²) in [6, 6.07) is 18.8. The molecular weight excluding hydrogens is 597 g/mol. The highest BCUT2D eigenvalue weighted by atomic mass is 35.5. The van der Waals surface area contributed by atoms with Crippen LogP contribution in [0.2, 0.25) is 5.02 Å². The van der Waals surface area contributed by atoms with Crippen molar-refractivity contribution in [3.05, 3.63) is 89.8 Å². The van der Waals surface area contributed by atoms with Crippen molar-refractivity contribution in [1.82, 2.24) is 18.8 Å². The summed E-state index contributed by atoms with van der Waals surface area (Å²) in [6.07, 6.45) is 1.71. The van der Waals surface area contributed by atoms with Crippen LogP contribution < -0.4 is 10.1 Å². The summed E-state index contributed by atoms with van der Waals surface area (Å²) in [6.45, 7) is 2.52. The number of sulfonamides is 1. The predicted molar refractivity (Wildman–Crippen MR) is 162 cm³/mol. The quantitative estimate of drug-likeness (QED) is 0.264. The summed E-state index contributed by atoms with van der Waals surface area (Å²) in [7, 11) is -2.47. The van der Waals surface area contributed by atoms with Crippen molar-refractivity contribution in [2.45, 2.75) is 4.90 Å². The van der Waals surface area contributed by atoms with E-state index < -0.39 is 28.3 Å². The molecule has 3 aromatic carbocycles. The third-order valence-corrected chi connectivity index (χ3v) is 9.10. The van der Waals surface area contributed by atoms with E-state index in [0.29, 0.717) is 55.0 Å². The fourth-order valence-electron chi connectivity index (χ4n) is 4.61. The average molecular weight is 628 g/mol. The third kappa shape index (κ3) is 7.59. The summed E-state index contributed by atoms with van der Waals surface area (Å²) in [5, 5.41) is 3.17. The Hall–Kier alpha value is -3.81. The summed E-state index contributed by atoms with van der Waals surface area (Å²) in [5.41, 5.74) is 1.86. The van der Waals surface area contributed by atoms with Crippen molar-refractivity contribution in [1.29, 1.82) is 0 Å². The molecule has 5 rings (SSSR count). The van der Waals surface area contributed by atoms with Crippen LogP contribution in [0.1, 0.15) is 0 Å². The molecule has 0 atom stereocenters. The first kappa shape index (κ1) is 30.6. The number of halogens is 2. The molecule has 0 aliphatic carbocycles. The monoisotopic (exact) mass is 627 g/mol. The summed E-state index contributed by atoms with van der Waals surface area (Å²) in [4.78, 5) is 20.2. The number of aromatic nitrogens is 2. The Labute approximate surface area is 254 Å². The number of anilines is 1. The second kappa shape index (κ2) is 13.7. The van der Waals surface area contributed by atoms with Gasteiger partial charge in [-0.25, -0.2) is 17.8 Å². The van der Waals surface area contributed by atoms with Crippen LogP contribution in [0.15, 0.2) is 83.9 Å². The Balaban J connectivity index is 1.42. The van der Waals surface area contributed by atoms with Gasteiger partial charge in [0.1, 0.15) is 11.6 Å². The molecule has 1 aliphatic heterocycles. The number of carbonyl (C=O) groups is 1. The van der Waals surface area contributed by atoms with Crippen LogP contribution in [0.4, 0.5) is 10.3 Å². The molecule has 0 radical (unpaired) electrons. The van der Waals surface area contributed by atoms with Gasteiger partial charge in [-0.3, -0.25) is 19.6 Å². The third-order valence-electron chi connectivity index (χ3n) is 6.99. The van der Waals surface area contributed by atoms with Gasteiger partial charge < -0.3 is 9.47 Å². The molecule has 0 spiro atoms. The molecule has 13 heteroatoms. The Bertz CT molecular complexity index is 1640. The zero-order chi connectivity index (χ0) is 30.4. The number of imidazole rings is 1. The maximum absolute atomic E-state index is 13.7. The highest BCUT2D eigenvalue weighted by Gasteiger charge is 2.28. The van der Waals surface area contributed by atoms with Crippen molar-refractivity contribution in [2.24, 2.45) is 0 Å². The van der Waals surface area contributed by atoms with Gasteiger partial charge in [-0.15, -0.1) is 0 Å². The van der Waals surface area contributed by atoms with E-state index in [4.69, 9.17) is 21.1 Å². The number of morpholine rings is 1. The summed E-state index contributed by atoms with van der Waals surface area (Å²) < 4.78 is 54.4. The van der Waals surface area contributed by atoms with Crippen LogP contribution in [0.25, 0.3) is 16.9 Å². The second-order valence-corrected chi connectivity index (χ2v) is 12.2. The lowest BCUT2D eigenvalue weighted by molar-refractivity contribution is -0.116. The number of nitrogens with one attached hydrogen (secondary N) is 1. The van der Waals surface area contributed by atoms with Gasteiger partial charge in [0.05, 0.1) is 37.5 Å². The van der Waals surface area contributed by atoms with Gasteiger partial charge in [0.15, 0.2) is 0 Å². The van der Waals surface area contributed by atoms with Crippen LogP contribution in [0.3, 0.4) is 0 Å². The van der Waals surface area contributed by atoms with Gasteiger partial charge in [-0.05, 0) is 72.8 Å². The number of hydrogen-bond donors (Lipinski definition) is 1. The molecule has 10 nitrogen and oxygen atoms in total. The average Bonchev–Trinajstić information content (AvgIpc) is 3.43. The number of nitrogens with zero attached hydrogens (tertiary/aromatic N) is 4. The molecule has 1 aliphatic rings. The van der Waals surface area contributed by atoms with E-state index in [1.165, 1.54) is 36.4 Å². The van der Waals surface area contributed by atoms with Gasteiger partial charge in [0.2, 0.25) is 21.9 Å². The highest BCUT2D eigenvalue weighted by molar-refractivity contribution is 7.89. The normalized spacial score (nSPS) is 14.1. The lowest BCUT2D eigenvalue weighted by Gasteiger charge is -2.29. The van der Waals surface area contributed by atoms with Gasteiger partial charge in [0.25, 0.3) is 0 Å². The first-order valence-corrected chi connectivity index (χ1v) is 15.4. The van der Waals surface area contributed by atoms with Crippen molar-refractivity contribution in [3.63, 3.8) is 0 Å². The molecule has 4 aromatic rings. The fraction of sp³-hybridized carbons (Fsp3) is 0.267. The standard InChI is InChI=1S/C30H31ClFN5O5S/c1-41-26-10-2-22(3-11-26)28-20-37(25-8-6-24(32)7-9-25)30(33-28)34-29(38)21-36(15-14-35-16-18-42-19-17-35)43(39,40)27-12-4-23(31)5-13-27/h2-13,20H,14-19,21H2,1H3,(H,33,34,38). The maximum Gasteiger partial charge on any atom is 0.243 e. The van der Waals surface area contributed by atoms with Crippen LogP contribution >= 0.6 is 11.6 Å². The van der Waals surface area contributed by atoms with Crippen molar-refractivity contribution in [2.75, 3.05) is 58.4 Å². The maximum atomic E-state index is 13.7. The summed E-state index contributed by atoms with van der Waals surface area (Å²) >= 11 is 5.99. The molecule has 0 unspecified atom stereocenters. The predicted octanol–water partition coefficient (Wildman–Crippen LogP) is 4.30. The lowest BCUT2D eigenvalue weighted by atomic mass is 10.1. The van der Waals surface area contributed by atoms with Gasteiger partial charge in [0, 0.05) is 48.6 Å². The topological polar surface area (TPSA) is 106 Å². The number of methoxy groups -OCH3 is 1. The van der Waals surface area contributed by atoms with Gasteiger partial charge in [-0.1, -0.05) is 11.6 Å². The minimum Gasteiger partial charge on any atom is -0.497 e. The molecule has 0 saturated carbocycles. The number of amides is 1. The second-order valence-electron chi connectivity index (χ2n) is 9.82. The van der Waals surface area contributed by atoms with E-state index in [0.717, 1.165) is 9.87 Å². The van der Waals surface area contributed by atoms with Crippen molar-refractivity contribution in [3.8, 4) is 22.7 Å². The molecule has 1 amide bonds. The molecule has 1 saturated heterocycles. The van der Waals surface area contributed by atoms with E-state index in [2.05, 4.69) is 15.2 Å². The summed E-state index contributed by atoms with van der Waals surface area (Å²) in [5.74, 6) is -0.170. The Morgan fingerprint density at radius 1 is 1.05 bits per heavy atom. The molecule has 0 bridgehead atoms. The zero-order valence-corrected chi connectivity index (χ0v) is 25.0. The smallest absolute Gasteiger partial charge is 0.243 e. The van der Waals surface area contributed by atoms with Crippen molar-refractivity contribution < 1.29 is 27.1 Å². The van der Waals surface area contributed by atoms with E-state index in [-0.39, 0.29) is 17.4 Å². The fourth-order valence-corrected chi connectivity index (χ4v) is 6.12. The largest absolute Gasteiger partial charge is 0.497 e. The van der Waals surface area contributed by atoms with Crippen LogP contribution in [-0.2, 0) is 19.6 Å². The molecular formula is C30H31ClFN5O5S. The Morgan fingerprint density at radius 3 is 2.37 bits per heavy atom. The molecule has 1 fully saturated rings. The number of rotatable bonds is 11. The Kier molecular flexibility index (Phi) is 9.73. The van der Waals surface area contributed by atoms with E-state index >= 15 is 0 Å². The number of ether oxygens (including phenoxy) is 2. The molecule has 226 valence electrons. The van der Waals surface area contributed by atoms with Crippen LogP contribution in [-0.4, -0.2) is 86.1 Å². The van der Waals surface area contributed by atoms with Gasteiger partial charge in [-0.2, -0.15) is 4.31 Å². The first-order chi connectivity index (χ1) is 20.7. The number of benzene rings is 3. The van der Waals surface area contributed by atoms with E-state index in [1.807, 2.05) is 12.1 Å². The minimum absolute atomic E-state index is 0.0290. The van der Waals surface area contributed by atoms with E-state index in [1.54, 1.807) is 42.1 Å². The molecule has 43 heavy (non-hydrogen) atoms. The van der Waals surface area contributed by atoms with Gasteiger partial charge >= 0.3 is 0 Å². The zero-order valence-electron chi connectivity index (χ0n) is 23.4. The molecule has 1 N–H and O–H groups in total.